The van der Waals surface area contributed by atoms with Gasteiger partial charge < -0.3 is 11.1 Å². The molecular formula is C11H13F3N2O. The summed E-state index contributed by atoms with van der Waals surface area (Å²) in [5.74, 6) is -4.14. The summed E-state index contributed by atoms with van der Waals surface area (Å²) in [4.78, 5) is 11.6. The van der Waals surface area contributed by atoms with Gasteiger partial charge in [0, 0.05) is 18.7 Å². The van der Waals surface area contributed by atoms with Crippen molar-refractivity contribution in [3.8, 4) is 0 Å². The van der Waals surface area contributed by atoms with Crippen molar-refractivity contribution in [1.82, 2.24) is 0 Å². The summed E-state index contributed by atoms with van der Waals surface area (Å²) in [5, 5.41) is 2.17. The molecule has 1 rings (SSSR count). The van der Waals surface area contributed by atoms with Crippen LogP contribution in [0.1, 0.15) is 13.8 Å². The fraction of sp³-hybridized carbons (Fsp3) is 0.364. The molecule has 94 valence electrons. The lowest BCUT2D eigenvalue weighted by atomic mass is 9.92. The van der Waals surface area contributed by atoms with Gasteiger partial charge in [-0.05, 0) is 13.8 Å². The molecule has 0 spiro atoms. The third kappa shape index (κ3) is 2.97. The molecule has 6 heteroatoms. The molecule has 3 nitrogen and oxygen atoms in total. The summed E-state index contributed by atoms with van der Waals surface area (Å²) >= 11 is 0. The second kappa shape index (κ2) is 4.75. The molecule has 1 aromatic rings. The predicted octanol–water partition coefficient (Wildman–Crippen LogP) is 2.03. The SMILES string of the molecule is CC(C)(CN)C(=O)Nc1cc(F)c(F)cc1F. The number of hydrogen-bond donors (Lipinski definition) is 2. The van der Waals surface area contributed by atoms with Crippen molar-refractivity contribution in [1.29, 1.82) is 0 Å². The van der Waals surface area contributed by atoms with Crippen LogP contribution in [-0.4, -0.2) is 12.5 Å². The predicted molar refractivity (Wildman–Crippen MR) is 57.8 cm³/mol. The first-order valence-corrected chi connectivity index (χ1v) is 4.94. The van der Waals surface area contributed by atoms with Crippen molar-refractivity contribution < 1.29 is 18.0 Å². The molecule has 0 heterocycles. The van der Waals surface area contributed by atoms with E-state index in [4.69, 9.17) is 5.73 Å². The Hall–Kier alpha value is -1.56. The van der Waals surface area contributed by atoms with Crippen molar-refractivity contribution in [2.45, 2.75) is 13.8 Å². The highest BCUT2D eigenvalue weighted by Crippen LogP contribution is 2.21. The zero-order chi connectivity index (χ0) is 13.2. The van der Waals surface area contributed by atoms with E-state index in [9.17, 15) is 18.0 Å². The van der Waals surface area contributed by atoms with Gasteiger partial charge in [-0.25, -0.2) is 13.2 Å². The molecule has 1 aromatic carbocycles. The lowest BCUT2D eigenvalue weighted by Gasteiger charge is -2.21. The fourth-order valence-electron chi connectivity index (χ4n) is 1.00. The van der Waals surface area contributed by atoms with E-state index in [1.165, 1.54) is 0 Å². The molecule has 0 atom stereocenters. The Morgan fingerprint density at radius 3 is 2.29 bits per heavy atom. The number of nitrogens with two attached hydrogens (primary N) is 1. The van der Waals surface area contributed by atoms with Crippen LogP contribution in [0.5, 0.6) is 0 Å². The van der Waals surface area contributed by atoms with Crippen molar-refractivity contribution in [2.75, 3.05) is 11.9 Å². The van der Waals surface area contributed by atoms with Gasteiger partial charge in [0.15, 0.2) is 11.6 Å². The van der Waals surface area contributed by atoms with Crippen LogP contribution < -0.4 is 11.1 Å². The van der Waals surface area contributed by atoms with Crippen LogP contribution in [0, 0.1) is 22.9 Å². The monoisotopic (exact) mass is 246 g/mol. The first-order valence-electron chi connectivity index (χ1n) is 4.94. The molecule has 0 unspecified atom stereocenters. The molecule has 0 aromatic heterocycles. The molecule has 0 saturated heterocycles. The number of nitrogens with one attached hydrogen (secondary N) is 1. The van der Waals surface area contributed by atoms with Crippen molar-refractivity contribution in [3.63, 3.8) is 0 Å². The van der Waals surface area contributed by atoms with E-state index in [1.807, 2.05) is 0 Å². The zero-order valence-electron chi connectivity index (χ0n) is 9.48. The van der Waals surface area contributed by atoms with Crippen LogP contribution in [0.4, 0.5) is 18.9 Å². The molecule has 0 bridgehead atoms. The van der Waals surface area contributed by atoms with Crippen molar-refractivity contribution in [3.05, 3.63) is 29.6 Å². The van der Waals surface area contributed by atoms with E-state index in [-0.39, 0.29) is 6.54 Å². The van der Waals surface area contributed by atoms with Gasteiger partial charge in [-0.15, -0.1) is 0 Å². The van der Waals surface area contributed by atoms with Gasteiger partial charge in [-0.2, -0.15) is 0 Å². The van der Waals surface area contributed by atoms with E-state index in [0.29, 0.717) is 12.1 Å². The molecule has 0 fully saturated rings. The van der Waals surface area contributed by atoms with E-state index in [2.05, 4.69) is 5.32 Å². The molecule has 0 aliphatic heterocycles. The van der Waals surface area contributed by atoms with Gasteiger partial charge in [0.25, 0.3) is 0 Å². The number of hydrogen-bond acceptors (Lipinski definition) is 2. The average Bonchev–Trinajstić information content (AvgIpc) is 2.25. The summed E-state index contributed by atoms with van der Waals surface area (Å²) in [6.07, 6.45) is 0. The quantitative estimate of drug-likeness (QED) is 0.802. The fourth-order valence-corrected chi connectivity index (χ4v) is 1.00. The molecule has 0 saturated carbocycles. The summed E-state index contributed by atoms with van der Waals surface area (Å²) < 4.78 is 38.8. The minimum atomic E-state index is -1.31. The van der Waals surface area contributed by atoms with Gasteiger partial charge in [0.05, 0.1) is 11.1 Å². The lowest BCUT2D eigenvalue weighted by molar-refractivity contribution is -0.123. The highest BCUT2D eigenvalue weighted by molar-refractivity contribution is 5.95. The largest absolute Gasteiger partial charge is 0.329 e. The van der Waals surface area contributed by atoms with Crippen molar-refractivity contribution >= 4 is 11.6 Å². The number of amides is 1. The number of rotatable bonds is 3. The molecule has 17 heavy (non-hydrogen) atoms. The molecule has 0 aliphatic carbocycles. The topological polar surface area (TPSA) is 55.1 Å². The summed E-state index contributed by atoms with van der Waals surface area (Å²) in [6.45, 7) is 3.16. The molecule has 3 N–H and O–H groups in total. The molecule has 1 amide bonds. The van der Waals surface area contributed by atoms with Crippen LogP contribution >= 0.6 is 0 Å². The van der Waals surface area contributed by atoms with E-state index >= 15 is 0 Å². The normalized spacial score (nSPS) is 11.4. The average molecular weight is 246 g/mol. The number of carbonyl (C=O) groups is 1. The highest BCUT2D eigenvalue weighted by Gasteiger charge is 2.26. The van der Waals surface area contributed by atoms with Crippen LogP contribution in [0.2, 0.25) is 0 Å². The smallest absolute Gasteiger partial charge is 0.231 e. The maximum Gasteiger partial charge on any atom is 0.231 e. The number of halogens is 3. The Bertz CT molecular complexity index is 447. The second-order valence-corrected chi connectivity index (χ2v) is 4.29. The third-order valence-corrected chi connectivity index (χ3v) is 2.38. The Morgan fingerprint density at radius 2 is 1.76 bits per heavy atom. The first-order chi connectivity index (χ1) is 7.77. The van der Waals surface area contributed by atoms with Gasteiger partial charge in [0.1, 0.15) is 5.82 Å². The summed E-state index contributed by atoms with van der Waals surface area (Å²) in [5.41, 5.74) is 4.04. The van der Waals surface area contributed by atoms with Crippen molar-refractivity contribution in [2.24, 2.45) is 11.1 Å². The third-order valence-electron chi connectivity index (χ3n) is 2.38. The van der Waals surface area contributed by atoms with E-state index in [0.717, 1.165) is 0 Å². The van der Waals surface area contributed by atoms with Crippen LogP contribution in [0.15, 0.2) is 12.1 Å². The van der Waals surface area contributed by atoms with Gasteiger partial charge in [-0.3, -0.25) is 4.79 Å². The number of anilines is 1. The summed E-state index contributed by atoms with van der Waals surface area (Å²) in [6, 6.07) is 0.968. The highest BCUT2D eigenvalue weighted by atomic mass is 19.2. The number of carbonyl (C=O) groups excluding carboxylic acids is 1. The molecule has 0 radical (unpaired) electrons. The first kappa shape index (κ1) is 13.5. The summed E-state index contributed by atoms with van der Waals surface area (Å²) in [7, 11) is 0. The Kier molecular flexibility index (Phi) is 3.77. The van der Waals surface area contributed by atoms with E-state index in [1.54, 1.807) is 13.8 Å². The Labute approximate surface area is 96.8 Å². The number of benzene rings is 1. The van der Waals surface area contributed by atoms with Gasteiger partial charge in [-0.1, -0.05) is 0 Å². The van der Waals surface area contributed by atoms with Gasteiger partial charge >= 0.3 is 0 Å². The van der Waals surface area contributed by atoms with E-state index < -0.39 is 34.5 Å². The minimum absolute atomic E-state index is 0.0458. The minimum Gasteiger partial charge on any atom is -0.329 e. The maximum absolute atomic E-state index is 13.2. The van der Waals surface area contributed by atoms with Gasteiger partial charge in [0.2, 0.25) is 5.91 Å². The second-order valence-electron chi connectivity index (χ2n) is 4.29. The van der Waals surface area contributed by atoms with Crippen LogP contribution in [0.25, 0.3) is 0 Å². The zero-order valence-corrected chi connectivity index (χ0v) is 9.48. The molecule has 0 aliphatic rings. The molecular weight excluding hydrogens is 233 g/mol. The Morgan fingerprint density at radius 1 is 1.24 bits per heavy atom. The standard InChI is InChI=1S/C11H13F3N2O/c1-11(2,5-15)10(17)16-9-4-7(13)6(12)3-8(9)14/h3-4H,5,15H2,1-2H3,(H,16,17). The Balaban J connectivity index is 2.97. The lowest BCUT2D eigenvalue weighted by Crippen LogP contribution is -2.37. The maximum atomic E-state index is 13.2. The van der Waals surface area contributed by atoms with Crippen LogP contribution in [-0.2, 0) is 4.79 Å². The van der Waals surface area contributed by atoms with Crippen LogP contribution in [0.3, 0.4) is 0 Å².